The molecule has 94 valence electrons. The Kier molecular flexibility index (Phi) is 3.78. The summed E-state index contributed by atoms with van der Waals surface area (Å²) in [5.74, 6) is 1.50. The van der Waals surface area contributed by atoms with Gasteiger partial charge in [-0.25, -0.2) is 9.97 Å². The first-order valence-corrected chi connectivity index (χ1v) is 6.23. The highest BCUT2D eigenvalue weighted by atomic mass is 15.3. The fourth-order valence-electron chi connectivity index (χ4n) is 2.41. The van der Waals surface area contributed by atoms with Crippen LogP contribution in [0.2, 0.25) is 0 Å². The minimum atomic E-state index is 0.511. The van der Waals surface area contributed by atoms with Gasteiger partial charge in [-0.05, 0) is 26.4 Å². The van der Waals surface area contributed by atoms with E-state index in [4.69, 9.17) is 5.73 Å². The Morgan fingerprint density at radius 2 is 2.24 bits per heavy atom. The van der Waals surface area contributed by atoms with Gasteiger partial charge < -0.3 is 15.5 Å². The summed E-state index contributed by atoms with van der Waals surface area (Å²) in [6.07, 6.45) is 3.83. The van der Waals surface area contributed by atoms with Crippen LogP contribution >= 0.6 is 0 Å². The maximum Gasteiger partial charge on any atom is 0.134 e. The molecule has 0 aliphatic carbocycles. The summed E-state index contributed by atoms with van der Waals surface area (Å²) in [4.78, 5) is 13.0. The number of nitrogens with zero attached hydrogens (tertiary/aromatic N) is 4. The van der Waals surface area contributed by atoms with Crippen molar-refractivity contribution in [1.29, 1.82) is 0 Å². The van der Waals surface area contributed by atoms with Crippen LogP contribution in [-0.2, 0) is 0 Å². The number of nitrogens with two attached hydrogens (primary N) is 1. The zero-order chi connectivity index (χ0) is 12.3. The van der Waals surface area contributed by atoms with Crippen molar-refractivity contribution in [2.75, 3.05) is 37.3 Å². The number of hydrogen-bond donors (Lipinski definition) is 1. The number of aromatic nitrogens is 2. The standard InChI is InChI=1S/C12H21N5/c1-3-10-8-16(2)5-4-6-17(10)12-7-11(13)14-9-15-12/h7,9-10H,3-6,8H2,1-2H3,(H2,13,14,15). The smallest absolute Gasteiger partial charge is 0.134 e. The molecular weight excluding hydrogens is 214 g/mol. The van der Waals surface area contributed by atoms with Gasteiger partial charge in [0.2, 0.25) is 0 Å². The molecule has 1 saturated heterocycles. The predicted molar refractivity (Wildman–Crippen MR) is 70.0 cm³/mol. The van der Waals surface area contributed by atoms with Gasteiger partial charge in [-0.2, -0.15) is 0 Å². The summed E-state index contributed by atoms with van der Waals surface area (Å²) in [6.45, 7) is 5.49. The lowest BCUT2D eigenvalue weighted by atomic mass is 10.2. The van der Waals surface area contributed by atoms with E-state index in [-0.39, 0.29) is 0 Å². The molecule has 17 heavy (non-hydrogen) atoms. The largest absolute Gasteiger partial charge is 0.384 e. The molecule has 2 N–H and O–H groups in total. The second kappa shape index (κ2) is 5.31. The van der Waals surface area contributed by atoms with Crippen LogP contribution in [0.25, 0.3) is 0 Å². The lowest BCUT2D eigenvalue weighted by Crippen LogP contribution is -2.40. The van der Waals surface area contributed by atoms with Crippen molar-refractivity contribution in [3.05, 3.63) is 12.4 Å². The van der Waals surface area contributed by atoms with E-state index in [0.717, 1.165) is 38.3 Å². The molecule has 5 nitrogen and oxygen atoms in total. The summed E-state index contributed by atoms with van der Waals surface area (Å²) in [7, 11) is 2.18. The lowest BCUT2D eigenvalue weighted by molar-refractivity contribution is 0.327. The van der Waals surface area contributed by atoms with Crippen molar-refractivity contribution >= 4 is 11.6 Å². The molecular formula is C12H21N5. The van der Waals surface area contributed by atoms with Gasteiger partial charge in [0.1, 0.15) is 18.0 Å². The van der Waals surface area contributed by atoms with Crippen LogP contribution in [-0.4, -0.2) is 47.6 Å². The second-order valence-electron chi connectivity index (χ2n) is 4.67. The molecule has 0 spiro atoms. The third kappa shape index (κ3) is 2.85. The molecule has 0 saturated carbocycles. The maximum absolute atomic E-state index is 5.73. The number of hydrogen-bond acceptors (Lipinski definition) is 5. The highest BCUT2D eigenvalue weighted by molar-refractivity contribution is 5.46. The van der Waals surface area contributed by atoms with Gasteiger partial charge in [-0.1, -0.05) is 6.92 Å². The summed E-state index contributed by atoms with van der Waals surface area (Å²) in [5, 5.41) is 0. The third-order valence-electron chi connectivity index (χ3n) is 3.34. The first kappa shape index (κ1) is 12.1. The van der Waals surface area contributed by atoms with E-state index in [0.29, 0.717) is 11.9 Å². The fraction of sp³-hybridized carbons (Fsp3) is 0.667. The van der Waals surface area contributed by atoms with Crippen LogP contribution in [0, 0.1) is 0 Å². The molecule has 1 aliphatic heterocycles. The Morgan fingerprint density at radius 3 is 2.94 bits per heavy atom. The Hall–Kier alpha value is -1.36. The maximum atomic E-state index is 5.73. The zero-order valence-electron chi connectivity index (χ0n) is 10.6. The van der Waals surface area contributed by atoms with Crippen LogP contribution in [0.1, 0.15) is 19.8 Å². The average molecular weight is 235 g/mol. The molecule has 1 unspecified atom stereocenters. The lowest BCUT2D eigenvalue weighted by Gasteiger charge is -2.31. The molecule has 1 atom stereocenters. The topological polar surface area (TPSA) is 58.3 Å². The van der Waals surface area contributed by atoms with Crippen molar-refractivity contribution in [3.8, 4) is 0 Å². The molecule has 0 radical (unpaired) electrons. The van der Waals surface area contributed by atoms with Gasteiger partial charge in [-0.15, -0.1) is 0 Å². The van der Waals surface area contributed by atoms with Crippen molar-refractivity contribution in [3.63, 3.8) is 0 Å². The van der Waals surface area contributed by atoms with Crippen LogP contribution in [0.15, 0.2) is 12.4 Å². The third-order valence-corrected chi connectivity index (χ3v) is 3.34. The van der Waals surface area contributed by atoms with Gasteiger partial charge in [0, 0.05) is 25.2 Å². The molecule has 2 heterocycles. The van der Waals surface area contributed by atoms with Gasteiger partial charge in [-0.3, -0.25) is 0 Å². The first-order valence-electron chi connectivity index (χ1n) is 6.23. The quantitative estimate of drug-likeness (QED) is 0.828. The summed E-state index contributed by atoms with van der Waals surface area (Å²) in [6, 6.07) is 2.38. The van der Waals surface area contributed by atoms with E-state index < -0.39 is 0 Å². The number of likely N-dealkylation sites (N-methyl/N-ethyl adjacent to an activating group) is 1. The Morgan fingerprint density at radius 1 is 1.41 bits per heavy atom. The molecule has 1 aromatic heterocycles. The zero-order valence-corrected chi connectivity index (χ0v) is 10.6. The molecule has 0 bridgehead atoms. The minimum absolute atomic E-state index is 0.511. The van der Waals surface area contributed by atoms with Crippen LogP contribution in [0.4, 0.5) is 11.6 Å². The second-order valence-corrected chi connectivity index (χ2v) is 4.67. The van der Waals surface area contributed by atoms with Crippen LogP contribution in [0.3, 0.4) is 0 Å². The monoisotopic (exact) mass is 235 g/mol. The summed E-state index contributed by atoms with van der Waals surface area (Å²) in [5.41, 5.74) is 5.73. The molecule has 1 aliphatic rings. The number of nitrogen functional groups attached to an aromatic ring is 1. The van der Waals surface area contributed by atoms with E-state index in [9.17, 15) is 0 Å². The number of anilines is 2. The van der Waals surface area contributed by atoms with Gasteiger partial charge >= 0.3 is 0 Å². The molecule has 0 aromatic carbocycles. The number of rotatable bonds is 2. The Bertz CT molecular complexity index is 368. The Labute approximate surface area is 103 Å². The summed E-state index contributed by atoms with van der Waals surface area (Å²) < 4.78 is 0. The highest BCUT2D eigenvalue weighted by Gasteiger charge is 2.23. The van der Waals surface area contributed by atoms with Gasteiger partial charge in [0.05, 0.1) is 0 Å². The normalized spacial score (nSPS) is 22.5. The van der Waals surface area contributed by atoms with Crippen molar-refractivity contribution in [2.24, 2.45) is 0 Å². The van der Waals surface area contributed by atoms with Gasteiger partial charge in [0.25, 0.3) is 0 Å². The van der Waals surface area contributed by atoms with E-state index in [1.54, 1.807) is 6.33 Å². The SMILES string of the molecule is CCC1CN(C)CCCN1c1cc(N)ncn1. The molecule has 1 fully saturated rings. The molecule has 0 amide bonds. The Balaban J connectivity index is 2.22. The predicted octanol–water partition coefficient (Wildman–Crippen LogP) is 0.979. The minimum Gasteiger partial charge on any atom is -0.384 e. The van der Waals surface area contributed by atoms with Crippen molar-refractivity contribution in [2.45, 2.75) is 25.8 Å². The van der Waals surface area contributed by atoms with Gasteiger partial charge in [0.15, 0.2) is 0 Å². The van der Waals surface area contributed by atoms with E-state index in [1.807, 2.05) is 6.07 Å². The van der Waals surface area contributed by atoms with E-state index in [2.05, 4.69) is 33.7 Å². The van der Waals surface area contributed by atoms with E-state index >= 15 is 0 Å². The summed E-state index contributed by atoms with van der Waals surface area (Å²) >= 11 is 0. The van der Waals surface area contributed by atoms with Crippen molar-refractivity contribution < 1.29 is 0 Å². The highest BCUT2D eigenvalue weighted by Crippen LogP contribution is 2.20. The molecule has 2 rings (SSSR count). The van der Waals surface area contributed by atoms with Crippen molar-refractivity contribution in [1.82, 2.24) is 14.9 Å². The van der Waals surface area contributed by atoms with Crippen LogP contribution in [0.5, 0.6) is 0 Å². The molecule has 1 aromatic rings. The molecule has 5 heteroatoms. The fourth-order valence-corrected chi connectivity index (χ4v) is 2.41. The first-order chi connectivity index (χ1) is 8.20. The van der Waals surface area contributed by atoms with Crippen LogP contribution < -0.4 is 10.6 Å². The van der Waals surface area contributed by atoms with E-state index in [1.165, 1.54) is 0 Å². The average Bonchev–Trinajstić information content (AvgIpc) is 2.50.